The molecule has 0 saturated carbocycles. The molecule has 3 aromatic heterocycles. The molecule has 2 unspecified atom stereocenters. The molecule has 1 saturated heterocycles. The van der Waals surface area contributed by atoms with Gasteiger partial charge in [0.1, 0.15) is 22.9 Å². The van der Waals surface area contributed by atoms with Crippen LogP contribution in [0.4, 0.5) is 26.2 Å². The maximum atomic E-state index is 15.1. The summed E-state index contributed by atoms with van der Waals surface area (Å²) < 4.78 is 32.0. The standard InChI is InChI=1S/C27H30F2N8/c1-15-13-36(14-16(2)32-15)18-5-6-22(30-11-18)33-26-31-12-20(29)24(35-26)17-9-19(28)25-21(10-17)37-23(34-25)7-8-27(37,3)4/h5-6,9-12,15-16,32H,7-8,13-14H2,1-4H3,(H,30,31,33,35). The molecule has 0 amide bonds. The quantitative estimate of drug-likeness (QED) is 0.414. The first-order valence-corrected chi connectivity index (χ1v) is 12.7. The van der Waals surface area contributed by atoms with Gasteiger partial charge in [0.25, 0.3) is 0 Å². The number of pyridine rings is 1. The van der Waals surface area contributed by atoms with E-state index < -0.39 is 11.6 Å². The van der Waals surface area contributed by atoms with Crippen molar-refractivity contribution in [3.8, 4) is 11.3 Å². The Bertz CT molecular complexity index is 1470. The summed E-state index contributed by atoms with van der Waals surface area (Å²) in [6.45, 7) is 10.3. The van der Waals surface area contributed by atoms with Crippen molar-refractivity contribution in [2.75, 3.05) is 23.3 Å². The Morgan fingerprint density at radius 2 is 1.78 bits per heavy atom. The minimum atomic E-state index is -0.630. The molecular formula is C27H30F2N8. The van der Waals surface area contributed by atoms with Gasteiger partial charge in [0.05, 0.1) is 23.6 Å². The van der Waals surface area contributed by atoms with E-state index in [1.54, 1.807) is 6.07 Å². The molecule has 2 aliphatic rings. The van der Waals surface area contributed by atoms with E-state index in [2.05, 4.69) is 67.7 Å². The molecule has 2 N–H and O–H groups in total. The lowest BCUT2D eigenvalue weighted by molar-refractivity contribution is 0.386. The van der Waals surface area contributed by atoms with Crippen LogP contribution in [0, 0.1) is 11.6 Å². The van der Waals surface area contributed by atoms with Gasteiger partial charge in [-0.1, -0.05) is 0 Å². The minimum Gasteiger partial charge on any atom is -0.367 e. The minimum absolute atomic E-state index is 0.0186. The number of hydrogen-bond acceptors (Lipinski definition) is 7. The molecule has 2 atom stereocenters. The van der Waals surface area contributed by atoms with Crippen molar-refractivity contribution in [3.05, 3.63) is 54.1 Å². The fourth-order valence-electron chi connectivity index (χ4n) is 5.62. The van der Waals surface area contributed by atoms with Gasteiger partial charge < -0.3 is 20.1 Å². The van der Waals surface area contributed by atoms with Crippen LogP contribution < -0.4 is 15.5 Å². The van der Waals surface area contributed by atoms with Crippen molar-refractivity contribution in [1.29, 1.82) is 0 Å². The van der Waals surface area contributed by atoms with Crippen LogP contribution >= 0.6 is 0 Å². The fourth-order valence-corrected chi connectivity index (χ4v) is 5.62. The number of piperazine rings is 1. The third-order valence-corrected chi connectivity index (χ3v) is 7.28. The van der Waals surface area contributed by atoms with Gasteiger partial charge in [0.2, 0.25) is 5.95 Å². The molecule has 0 radical (unpaired) electrons. The lowest BCUT2D eigenvalue weighted by Crippen LogP contribution is -2.54. The third kappa shape index (κ3) is 4.29. The number of nitrogens with one attached hydrogen (secondary N) is 2. The van der Waals surface area contributed by atoms with Gasteiger partial charge >= 0.3 is 0 Å². The zero-order valence-electron chi connectivity index (χ0n) is 21.4. The zero-order chi connectivity index (χ0) is 25.9. The Labute approximate surface area is 214 Å². The Kier molecular flexibility index (Phi) is 5.59. The van der Waals surface area contributed by atoms with Crippen LogP contribution in [-0.2, 0) is 12.0 Å². The highest BCUT2D eigenvalue weighted by Crippen LogP contribution is 2.38. The van der Waals surface area contributed by atoms with Crippen molar-refractivity contribution in [2.24, 2.45) is 0 Å². The molecule has 1 fully saturated rings. The summed E-state index contributed by atoms with van der Waals surface area (Å²) in [7, 11) is 0. The normalized spacial score (nSPS) is 20.9. The average Bonchev–Trinajstić information content (AvgIpc) is 3.38. The fraction of sp³-hybridized carbons (Fsp3) is 0.407. The molecule has 10 heteroatoms. The van der Waals surface area contributed by atoms with Crippen molar-refractivity contribution >= 4 is 28.5 Å². The summed E-state index contributed by atoms with van der Waals surface area (Å²) in [6, 6.07) is 7.69. The zero-order valence-corrected chi connectivity index (χ0v) is 21.4. The summed E-state index contributed by atoms with van der Waals surface area (Å²) in [5.74, 6) is 0.442. The summed E-state index contributed by atoms with van der Waals surface area (Å²) in [6.07, 6.45) is 4.61. The van der Waals surface area contributed by atoms with E-state index in [0.29, 0.717) is 34.5 Å². The monoisotopic (exact) mass is 504 g/mol. The van der Waals surface area contributed by atoms with Crippen LogP contribution in [0.3, 0.4) is 0 Å². The molecule has 0 spiro atoms. The Morgan fingerprint density at radius 1 is 1.00 bits per heavy atom. The smallest absolute Gasteiger partial charge is 0.229 e. The SMILES string of the molecule is CC1CN(c2ccc(Nc3ncc(F)c(-c4cc(F)c5nc6n(c5c4)C(C)(C)CC6)n3)nc2)CC(C)N1. The van der Waals surface area contributed by atoms with Gasteiger partial charge in [-0.25, -0.2) is 28.7 Å². The van der Waals surface area contributed by atoms with E-state index in [-0.39, 0.29) is 17.2 Å². The van der Waals surface area contributed by atoms with Crippen LogP contribution in [0.5, 0.6) is 0 Å². The van der Waals surface area contributed by atoms with Crippen LogP contribution in [0.1, 0.15) is 39.9 Å². The third-order valence-electron chi connectivity index (χ3n) is 7.28. The summed E-state index contributed by atoms with van der Waals surface area (Å²) >= 11 is 0. The lowest BCUT2D eigenvalue weighted by Gasteiger charge is -2.37. The second-order valence-electron chi connectivity index (χ2n) is 10.8. The first-order valence-electron chi connectivity index (χ1n) is 12.7. The highest BCUT2D eigenvalue weighted by molar-refractivity contribution is 5.83. The number of aryl methyl sites for hydroxylation is 1. The number of hydrogen-bond donors (Lipinski definition) is 2. The van der Waals surface area contributed by atoms with Crippen LogP contribution in [-0.4, -0.2) is 49.7 Å². The number of rotatable bonds is 4. The van der Waals surface area contributed by atoms with E-state index in [1.165, 1.54) is 6.07 Å². The number of aromatic nitrogens is 5. The predicted octanol–water partition coefficient (Wildman–Crippen LogP) is 4.78. The summed E-state index contributed by atoms with van der Waals surface area (Å²) in [4.78, 5) is 19.8. The Balaban J connectivity index is 1.29. The van der Waals surface area contributed by atoms with Gasteiger partial charge in [0, 0.05) is 42.7 Å². The molecule has 4 aromatic rings. The van der Waals surface area contributed by atoms with Crippen LogP contribution in [0.2, 0.25) is 0 Å². The van der Waals surface area contributed by atoms with Gasteiger partial charge in [-0.05, 0) is 58.4 Å². The highest BCUT2D eigenvalue weighted by atomic mass is 19.1. The van der Waals surface area contributed by atoms with E-state index in [1.807, 2.05) is 18.3 Å². The largest absolute Gasteiger partial charge is 0.367 e. The molecule has 0 aliphatic carbocycles. The topological polar surface area (TPSA) is 83.8 Å². The maximum absolute atomic E-state index is 15.1. The van der Waals surface area contributed by atoms with Gasteiger partial charge in [0.15, 0.2) is 11.6 Å². The van der Waals surface area contributed by atoms with Crippen LogP contribution in [0.25, 0.3) is 22.3 Å². The van der Waals surface area contributed by atoms with E-state index in [9.17, 15) is 4.39 Å². The molecule has 8 nitrogen and oxygen atoms in total. The molecule has 6 rings (SSSR count). The van der Waals surface area contributed by atoms with Crippen molar-refractivity contribution in [1.82, 2.24) is 29.8 Å². The molecule has 2 aliphatic heterocycles. The van der Waals surface area contributed by atoms with Crippen molar-refractivity contribution in [3.63, 3.8) is 0 Å². The van der Waals surface area contributed by atoms with Gasteiger partial charge in [-0.3, -0.25) is 0 Å². The molecule has 192 valence electrons. The van der Waals surface area contributed by atoms with Gasteiger partial charge in [-0.2, -0.15) is 0 Å². The molecular weight excluding hydrogens is 474 g/mol. The lowest BCUT2D eigenvalue weighted by atomic mass is 10.0. The molecule has 37 heavy (non-hydrogen) atoms. The van der Waals surface area contributed by atoms with Crippen molar-refractivity contribution in [2.45, 2.75) is 58.2 Å². The van der Waals surface area contributed by atoms with Crippen LogP contribution in [0.15, 0.2) is 36.7 Å². The number of anilines is 3. The van der Waals surface area contributed by atoms with Crippen molar-refractivity contribution < 1.29 is 8.78 Å². The number of imidazole rings is 1. The maximum Gasteiger partial charge on any atom is 0.229 e. The number of halogens is 2. The molecule has 1 aromatic carbocycles. The Morgan fingerprint density at radius 3 is 2.51 bits per heavy atom. The van der Waals surface area contributed by atoms with E-state index in [4.69, 9.17) is 0 Å². The highest BCUT2D eigenvalue weighted by Gasteiger charge is 2.33. The Hall–Kier alpha value is -3.66. The average molecular weight is 505 g/mol. The number of fused-ring (bicyclic) bond motifs is 3. The summed E-state index contributed by atoms with van der Waals surface area (Å²) in [5.41, 5.74) is 2.15. The summed E-state index contributed by atoms with van der Waals surface area (Å²) in [5, 5.41) is 6.57. The molecule has 5 heterocycles. The molecule has 0 bridgehead atoms. The first-order chi connectivity index (χ1) is 17.7. The van der Waals surface area contributed by atoms with Gasteiger partial charge in [-0.15, -0.1) is 0 Å². The second-order valence-corrected chi connectivity index (χ2v) is 10.8. The number of nitrogens with zero attached hydrogens (tertiary/aromatic N) is 6. The second kappa shape index (κ2) is 8.72. The first kappa shape index (κ1) is 23.7. The predicted molar refractivity (Wildman–Crippen MR) is 140 cm³/mol. The number of benzene rings is 1. The van der Waals surface area contributed by atoms with E-state index in [0.717, 1.165) is 43.6 Å². The van der Waals surface area contributed by atoms with E-state index >= 15 is 4.39 Å².